The fourth-order valence-electron chi connectivity index (χ4n) is 3.27. The number of nitrogens with zero attached hydrogens (tertiary/aromatic N) is 2. The maximum atomic E-state index is 12.8. The molecule has 138 valence electrons. The number of halogens is 1. The van der Waals surface area contributed by atoms with Crippen LogP contribution in [0, 0.1) is 18.7 Å². The number of carbonyl (C=O) groups excluding carboxylic acids is 1. The molecule has 1 heterocycles. The number of nitrogens with one attached hydrogen (secondary N) is 2. The van der Waals surface area contributed by atoms with Gasteiger partial charge in [0.1, 0.15) is 11.6 Å². The van der Waals surface area contributed by atoms with Gasteiger partial charge in [0, 0.05) is 24.8 Å². The lowest BCUT2D eigenvalue weighted by Crippen LogP contribution is -2.32. The Hall–Kier alpha value is -2.54. The molecule has 7 heteroatoms. The standard InChI is InChI=1S/C19H23FN4O2/c1-12-22-19(24-23-12)14-9-15(17(25)10-14)11-21-18(26)4-2-3-13-5-7-16(20)8-6-13/h2-3,5-8,14-15,17,25H,4,9-11H2,1H3,(H,21,26)(H,22,23,24)/b3-2+/t14-,15+,17+/m0/s1. The first-order valence-corrected chi connectivity index (χ1v) is 8.77. The molecule has 2 aromatic rings. The molecule has 3 atom stereocenters. The Labute approximate surface area is 151 Å². The van der Waals surface area contributed by atoms with Crippen LogP contribution in [0.25, 0.3) is 6.08 Å². The molecule has 1 aromatic carbocycles. The number of amides is 1. The van der Waals surface area contributed by atoms with Crippen molar-refractivity contribution in [3.05, 3.63) is 53.4 Å². The number of aryl methyl sites for hydroxylation is 1. The maximum Gasteiger partial charge on any atom is 0.223 e. The molecule has 3 N–H and O–H groups in total. The van der Waals surface area contributed by atoms with E-state index in [9.17, 15) is 14.3 Å². The normalized spacial score (nSPS) is 22.8. The van der Waals surface area contributed by atoms with Crippen molar-refractivity contribution in [2.24, 2.45) is 5.92 Å². The van der Waals surface area contributed by atoms with E-state index in [1.807, 2.05) is 6.92 Å². The van der Waals surface area contributed by atoms with Crippen LogP contribution in [0.4, 0.5) is 4.39 Å². The number of H-pyrrole nitrogens is 1. The topological polar surface area (TPSA) is 90.9 Å². The van der Waals surface area contributed by atoms with Crippen molar-refractivity contribution in [2.45, 2.75) is 38.2 Å². The van der Waals surface area contributed by atoms with E-state index in [1.165, 1.54) is 12.1 Å². The number of aliphatic hydroxyl groups excluding tert-OH is 1. The summed E-state index contributed by atoms with van der Waals surface area (Å²) < 4.78 is 12.8. The average Bonchev–Trinajstić information content (AvgIpc) is 3.20. The Bertz CT molecular complexity index is 772. The molecule has 0 aliphatic heterocycles. The van der Waals surface area contributed by atoms with Gasteiger partial charge in [0.2, 0.25) is 5.91 Å². The average molecular weight is 358 g/mol. The van der Waals surface area contributed by atoms with Crippen LogP contribution in [0.15, 0.2) is 30.3 Å². The van der Waals surface area contributed by atoms with E-state index in [2.05, 4.69) is 20.5 Å². The third kappa shape index (κ3) is 4.76. The van der Waals surface area contributed by atoms with Crippen molar-refractivity contribution in [1.82, 2.24) is 20.5 Å². The fourth-order valence-corrected chi connectivity index (χ4v) is 3.27. The van der Waals surface area contributed by atoms with Gasteiger partial charge in [-0.3, -0.25) is 9.89 Å². The molecule has 1 aliphatic carbocycles. The number of aromatic nitrogens is 3. The molecule has 1 fully saturated rings. The van der Waals surface area contributed by atoms with E-state index in [0.29, 0.717) is 13.0 Å². The molecule has 0 spiro atoms. The van der Waals surface area contributed by atoms with Crippen molar-refractivity contribution in [2.75, 3.05) is 6.54 Å². The van der Waals surface area contributed by atoms with E-state index in [0.717, 1.165) is 23.6 Å². The molecule has 3 rings (SSSR count). The highest BCUT2D eigenvalue weighted by Crippen LogP contribution is 2.36. The van der Waals surface area contributed by atoms with Gasteiger partial charge in [0.15, 0.2) is 5.82 Å². The van der Waals surface area contributed by atoms with Crippen LogP contribution in [0.5, 0.6) is 0 Å². The van der Waals surface area contributed by atoms with Gasteiger partial charge in [-0.15, -0.1) is 0 Å². The number of rotatable bonds is 6. The highest BCUT2D eigenvalue weighted by molar-refractivity contribution is 5.78. The quantitative estimate of drug-likeness (QED) is 0.739. The first kappa shape index (κ1) is 18.3. The van der Waals surface area contributed by atoms with Crippen LogP contribution in [-0.4, -0.2) is 38.8 Å². The Kier molecular flexibility index (Phi) is 5.78. The number of aromatic amines is 1. The zero-order valence-corrected chi connectivity index (χ0v) is 14.7. The van der Waals surface area contributed by atoms with E-state index in [-0.39, 0.29) is 30.0 Å². The lowest BCUT2D eigenvalue weighted by molar-refractivity contribution is -0.120. The number of aliphatic hydroxyl groups is 1. The van der Waals surface area contributed by atoms with Crippen LogP contribution in [0.1, 0.15) is 42.4 Å². The number of hydrogen-bond donors (Lipinski definition) is 3. The lowest BCUT2D eigenvalue weighted by atomic mass is 10.0. The predicted octanol–water partition coefficient (Wildman–Crippen LogP) is 2.33. The maximum absolute atomic E-state index is 12.8. The van der Waals surface area contributed by atoms with Gasteiger partial charge >= 0.3 is 0 Å². The van der Waals surface area contributed by atoms with Crippen molar-refractivity contribution < 1.29 is 14.3 Å². The van der Waals surface area contributed by atoms with Crippen LogP contribution in [-0.2, 0) is 4.79 Å². The van der Waals surface area contributed by atoms with Gasteiger partial charge in [-0.1, -0.05) is 24.3 Å². The summed E-state index contributed by atoms with van der Waals surface area (Å²) >= 11 is 0. The minimum Gasteiger partial charge on any atom is -0.393 e. The summed E-state index contributed by atoms with van der Waals surface area (Å²) in [4.78, 5) is 16.3. The van der Waals surface area contributed by atoms with Crippen LogP contribution in [0.2, 0.25) is 0 Å². The molecule has 0 radical (unpaired) electrons. The summed E-state index contributed by atoms with van der Waals surface area (Å²) in [6.07, 6.45) is 4.67. The molecule has 6 nitrogen and oxygen atoms in total. The smallest absolute Gasteiger partial charge is 0.223 e. The third-order valence-electron chi connectivity index (χ3n) is 4.68. The highest BCUT2D eigenvalue weighted by atomic mass is 19.1. The fraction of sp³-hybridized carbons (Fsp3) is 0.421. The minimum atomic E-state index is -0.464. The van der Waals surface area contributed by atoms with Gasteiger partial charge < -0.3 is 10.4 Å². The van der Waals surface area contributed by atoms with E-state index >= 15 is 0 Å². The van der Waals surface area contributed by atoms with Gasteiger partial charge in [-0.2, -0.15) is 5.10 Å². The van der Waals surface area contributed by atoms with Crippen molar-refractivity contribution in [3.63, 3.8) is 0 Å². The van der Waals surface area contributed by atoms with Crippen LogP contribution >= 0.6 is 0 Å². The molecule has 1 aliphatic rings. The van der Waals surface area contributed by atoms with Crippen molar-refractivity contribution >= 4 is 12.0 Å². The Morgan fingerprint density at radius 2 is 2.15 bits per heavy atom. The second-order valence-corrected chi connectivity index (χ2v) is 6.74. The Balaban J connectivity index is 1.43. The highest BCUT2D eigenvalue weighted by Gasteiger charge is 2.35. The predicted molar refractivity (Wildman–Crippen MR) is 95.7 cm³/mol. The zero-order chi connectivity index (χ0) is 18.5. The first-order valence-electron chi connectivity index (χ1n) is 8.77. The number of hydrogen-bond acceptors (Lipinski definition) is 4. The molecule has 0 saturated heterocycles. The molecular formula is C19H23FN4O2. The molecular weight excluding hydrogens is 335 g/mol. The molecule has 26 heavy (non-hydrogen) atoms. The number of benzene rings is 1. The first-order chi connectivity index (χ1) is 12.5. The summed E-state index contributed by atoms with van der Waals surface area (Å²) in [7, 11) is 0. The summed E-state index contributed by atoms with van der Waals surface area (Å²) in [5.41, 5.74) is 0.843. The lowest BCUT2D eigenvalue weighted by Gasteiger charge is -2.14. The summed E-state index contributed by atoms with van der Waals surface area (Å²) in [6.45, 7) is 2.28. The van der Waals surface area contributed by atoms with Crippen molar-refractivity contribution in [1.29, 1.82) is 0 Å². The van der Waals surface area contributed by atoms with Crippen LogP contribution in [0.3, 0.4) is 0 Å². The molecule has 0 unspecified atom stereocenters. The second-order valence-electron chi connectivity index (χ2n) is 6.74. The van der Waals surface area contributed by atoms with Gasteiger partial charge in [-0.25, -0.2) is 9.37 Å². The summed E-state index contributed by atoms with van der Waals surface area (Å²) in [5, 5.41) is 20.1. The summed E-state index contributed by atoms with van der Waals surface area (Å²) in [6, 6.07) is 6.08. The third-order valence-corrected chi connectivity index (χ3v) is 4.68. The van der Waals surface area contributed by atoms with Gasteiger partial charge in [-0.05, 0) is 37.5 Å². The van der Waals surface area contributed by atoms with E-state index in [1.54, 1.807) is 24.3 Å². The molecule has 1 aromatic heterocycles. The molecule has 0 bridgehead atoms. The van der Waals surface area contributed by atoms with Gasteiger partial charge in [0.25, 0.3) is 0 Å². The SMILES string of the molecule is Cc1nc([C@H]2C[C@H](CNC(=O)C/C=C/c3ccc(F)cc3)[C@H](O)C2)n[nH]1. The Morgan fingerprint density at radius 3 is 2.85 bits per heavy atom. The molecule has 1 saturated carbocycles. The van der Waals surface area contributed by atoms with Gasteiger partial charge in [0.05, 0.1) is 6.10 Å². The largest absolute Gasteiger partial charge is 0.393 e. The molecule has 1 amide bonds. The van der Waals surface area contributed by atoms with E-state index in [4.69, 9.17) is 0 Å². The number of carbonyl (C=O) groups is 1. The van der Waals surface area contributed by atoms with E-state index < -0.39 is 6.10 Å². The second kappa shape index (κ2) is 8.23. The Morgan fingerprint density at radius 1 is 1.38 bits per heavy atom. The zero-order valence-electron chi connectivity index (χ0n) is 14.7. The summed E-state index contributed by atoms with van der Waals surface area (Å²) in [5.74, 6) is 1.23. The van der Waals surface area contributed by atoms with Crippen LogP contribution < -0.4 is 5.32 Å². The van der Waals surface area contributed by atoms with Crippen molar-refractivity contribution in [3.8, 4) is 0 Å². The monoisotopic (exact) mass is 358 g/mol. The minimum absolute atomic E-state index is 0.00355.